The molecule has 2 heteroatoms. The lowest BCUT2D eigenvalue weighted by Gasteiger charge is -2.13. The van der Waals surface area contributed by atoms with Crippen molar-refractivity contribution in [2.45, 2.75) is 18.2 Å². The Hall–Kier alpha value is -1.67. The van der Waals surface area contributed by atoms with Crippen LogP contribution < -0.4 is 0 Å². The molecule has 106 valence electrons. The average Bonchev–Trinajstić information content (AvgIpc) is 2.49. The van der Waals surface area contributed by atoms with E-state index in [9.17, 15) is 4.39 Å². The summed E-state index contributed by atoms with van der Waals surface area (Å²) >= 11 is 3.63. The lowest BCUT2D eigenvalue weighted by atomic mass is 10.00. The molecule has 0 heterocycles. The van der Waals surface area contributed by atoms with E-state index in [1.807, 2.05) is 25.1 Å². The van der Waals surface area contributed by atoms with E-state index in [4.69, 9.17) is 0 Å². The Morgan fingerprint density at radius 2 is 1.71 bits per heavy atom. The summed E-state index contributed by atoms with van der Waals surface area (Å²) in [6.45, 7) is 1.98. The predicted octanol–water partition coefficient (Wildman–Crippen LogP) is 5.97. The molecule has 0 N–H and O–H groups in total. The van der Waals surface area contributed by atoms with Crippen LogP contribution in [0.4, 0.5) is 4.39 Å². The second-order valence-corrected chi connectivity index (χ2v) is 6.48. The third kappa shape index (κ3) is 3.16. The zero-order valence-electron chi connectivity index (χ0n) is 11.8. The standard InChI is InChI=1S/C19H16BrF/c1-13-6-9-19(21)17(10-13)18(20)12-14-7-8-15-4-2-3-5-16(15)11-14/h2-11,18H,12H2,1H3. The summed E-state index contributed by atoms with van der Waals surface area (Å²) in [5.74, 6) is -0.150. The number of benzene rings is 3. The second-order valence-electron chi connectivity index (χ2n) is 5.38. The van der Waals surface area contributed by atoms with Crippen LogP contribution in [0.25, 0.3) is 10.8 Å². The van der Waals surface area contributed by atoms with E-state index in [0.717, 1.165) is 17.5 Å². The van der Waals surface area contributed by atoms with Crippen molar-refractivity contribution >= 4 is 26.7 Å². The largest absolute Gasteiger partial charge is 0.207 e. The molecule has 0 bridgehead atoms. The molecule has 1 atom stereocenters. The van der Waals surface area contributed by atoms with Gasteiger partial charge in [0, 0.05) is 10.4 Å². The highest BCUT2D eigenvalue weighted by Crippen LogP contribution is 2.30. The highest BCUT2D eigenvalue weighted by atomic mass is 79.9. The van der Waals surface area contributed by atoms with Gasteiger partial charge in [0.1, 0.15) is 5.82 Å². The minimum atomic E-state index is -0.150. The van der Waals surface area contributed by atoms with Crippen LogP contribution in [0.15, 0.2) is 60.7 Å². The summed E-state index contributed by atoms with van der Waals surface area (Å²) < 4.78 is 13.9. The van der Waals surface area contributed by atoms with Crippen LogP contribution in [0.1, 0.15) is 21.5 Å². The van der Waals surface area contributed by atoms with Crippen molar-refractivity contribution in [1.82, 2.24) is 0 Å². The highest BCUT2D eigenvalue weighted by molar-refractivity contribution is 9.09. The van der Waals surface area contributed by atoms with Gasteiger partial charge in [-0.05, 0) is 35.7 Å². The summed E-state index contributed by atoms with van der Waals surface area (Å²) in [5, 5.41) is 2.45. The van der Waals surface area contributed by atoms with Crippen molar-refractivity contribution in [2.75, 3.05) is 0 Å². The molecule has 3 rings (SSSR count). The lowest BCUT2D eigenvalue weighted by molar-refractivity contribution is 0.607. The molecule has 0 amide bonds. The third-order valence-corrected chi connectivity index (χ3v) is 4.53. The van der Waals surface area contributed by atoms with Gasteiger partial charge in [-0.3, -0.25) is 0 Å². The Kier molecular flexibility index (Phi) is 4.07. The van der Waals surface area contributed by atoms with E-state index >= 15 is 0 Å². The van der Waals surface area contributed by atoms with E-state index < -0.39 is 0 Å². The molecule has 0 aromatic heterocycles. The molecule has 0 radical (unpaired) electrons. The molecule has 21 heavy (non-hydrogen) atoms. The van der Waals surface area contributed by atoms with Gasteiger partial charge < -0.3 is 0 Å². The number of aryl methyl sites for hydroxylation is 1. The zero-order valence-corrected chi connectivity index (χ0v) is 13.4. The number of hydrogen-bond donors (Lipinski definition) is 0. The van der Waals surface area contributed by atoms with Crippen molar-refractivity contribution < 1.29 is 4.39 Å². The molecule has 0 aliphatic carbocycles. The second kappa shape index (κ2) is 5.98. The van der Waals surface area contributed by atoms with Crippen molar-refractivity contribution in [3.63, 3.8) is 0 Å². The minimum absolute atomic E-state index is 0.0152. The first-order chi connectivity index (χ1) is 10.1. The summed E-state index contributed by atoms with van der Waals surface area (Å²) in [7, 11) is 0. The third-order valence-electron chi connectivity index (χ3n) is 3.72. The Morgan fingerprint density at radius 3 is 2.52 bits per heavy atom. The fourth-order valence-corrected chi connectivity index (χ4v) is 3.31. The number of halogens is 2. The van der Waals surface area contributed by atoms with Crippen molar-refractivity contribution in [3.8, 4) is 0 Å². The summed E-state index contributed by atoms with van der Waals surface area (Å²) in [5.41, 5.74) is 3.01. The van der Waals surface area contributed by atoms with Gasteiger partial charge in [-0.25, -0.2) is 4.39 Å². The quantitative estimate of drug-likeness (QED) is 0.514. The van der Waals surface area contributed by atoms with Gasteiger partial charge in [0.05, 0.1) is 0 Å². The fourth-order valence-electron chi connectivity index (χ4n) is 2.59. The molecule has 0 fully saturated rings. The van der Waals surface area contributed by atoms with Crippen LogP contribution in [-0.4, -0.2) is 0 Å². The maximum absolute atomic E-state index is 13.9. The molecular weight excluding hydrogens is 327 g/mol. The predicted molar refractivity (Wildman–Crippen MR) is 90.5 cm³/mol. The molecule has 0 spiro atoms. The number of rotatable bonds is 3. The molecule has 3 aromatic carbocycles. The van der Waals surface area contributed by atoms with Gasteiger partial charge in [-0.2, -0.15) is 0 Å². The van der Waals surface area contributed by atoms with Crippen LogP contribution in [0.5, 0.6) is 0 Å². The first-order valence-electron chi connectivity index (χ1n) is 7.01. The maximum atomic E-state index is 13.9. The summed E-state index contributed by atoms with van der Waals surface area (Å²) in [4.78, 5) is -0.0152. The van der Waals surface area contributed by atoms with Gasteiger partial charge in [0.2, 0.25) is 0 Å². The Morgan fingerprint density at radius 1 is 0.952 bits per heavy atom. The molecular formula is C19H16BrF. The van der Waals surface area contributed by atoms with Crippen LogP contribution >= 0.6 is 15.9 Å². The first kappa shape index (κ1) is 14.3. The topological polar surface area (TPSA) is 0 Å². The van der Waals surface area contributed by atoms with Gasteiger partial charge in [-0.15, -0.1) is 0 Å². The van der Waals surface area contributed by atoms with E-state index in [1.54, 1.807) is 12.1 Å². The summed E-state index contributed by atoms with van der Waals surface area (Å²) in [6, 6.07) is 20.0. The molecule has 1 unspecified atom stereocenters. The lowest BCUT2D eigenvalue weighted by Crippen LogP contribution is -1.99. The summed E-state index contributed by atoms with van der Waals surface area (Å²) in [6.07, 6.45) is 0.769. The van der Waals surface area contributed by atoms with E-state index in [1.165, 1.54) is 16.3 Å². The Balaban J connectivity index is 1.88. The zero-order chi connectivity index (χ0) is 14.8. The van der Waals surface area contributed by atoms with E-state index in [0.29, 0.717) is 0 Å². The normalized spacial score (nSPS) is 12.5. The molecule has 3 aromatic rings. The van der Waals surface area contributed by atoms with Crippen LogP contribution in [0.2, 0.25) is 0 Å². The monoisotopic (exact) mass is 342 g/mol. The Bertz CT molecular complexity index is 779. The molecule has 0 saturated heterocycles. The SMILES string of the molecule is Cc1ccc(F)c(C(Br)Cc2ccc3ccccc3c2)c1. The average molecular weight is 343 g/mol. The van der Waals surface area contributed by atoms with Crippen molar-refractivity contribution in [1.29, 1.82) is 0 Å². The van der Waals surface area contributed by atoms with Crippen molar-refractivity contribution in [2.24, 2.45) is 0 Å². The highest BCUT2D eigenvalue weighted by Gasteiger charge is 2.13. The number of hydrogen-bond acceptors (Lipinski definition) is 0. The minimum Gasteiger partial charge on any atom is -0.207 e. The number of alkyl halides is 1. The first-order valence-corrected chi connectivity index (χ1v) is 7.93. The van der Waals surface area contributed by atoms with Gasteiger partial charge in [-0.1, -0.05) is 76.1 Å². The smallest absolute Gasteiger partial charge is 0.127 e. The Labute approximate surface area is 132 Å². The van der Waals surface area contributed by atoms with E-state index in [-0.39, 0.29) is 10.6 Å². The molecule has 0 nitrogen and oxygen atoms in total. The van der Waals surface area contributed by atoms with Gasteiger partial charge in [0.25, 0.3) is 0 Å². The number of fused-ring (bicyclic) bond motifs is 1. The molecule has 0 saturated carbocycles. The van der Waals surface area contributed by atoms with E-state index in [2.05, 4.69) is 46.3 Å². The van der Waals surface area contributed by atoms with Crippen LogP contribution in [0, 0.1) is 12.7 Å². The van der Waals surface area contributed by atoms with Gasteiger partial charge >= 0.3 is 0 Å². The van der Waals surface area contributed by atoms with Crippen molar-refractivity contribution in [3.05, 3.63) is 83.2 Å². The van der Waals surface area contributed by atoms with Gasteiger partial charge in [0.15, 0.2) is 0 Å². The maximum Gasteiger partial charge on any atom is 0.127 e. The van der Waals surface area contributed by atoms with Crippen LogP contribution in [0.3, 0.4) is 0 Å². The fraction of sp³-hybridized carbons (Fsp3) is 0.158. The van der Waals surface area contributed by atoms with Crippen LogP contribution in [-0.2, 0) is 6.42 Å². The molecule has 0 aliphatic heterocycles. The molecule has 0 aliphatic rings.